The summed E-state index contributed by atoms with van der Waals surface area (Å²) >= 11 is 0. The molecule has 1 saturated carbocycles. The number of methoxy groups -OCH3 is 1. The average Bonchev–Trinajstić information content (AvgIpc) is 4.17. The molecule has 5 rings (SSSR count). The van der Waals surface area contributed by atoms with Gasteiger partial charge in [0.25, 0.3) is 5.91 Å². The summed E-state index contributed by atoms with van der Waals surface area (Å²) in [5.41, 5.74) is 2.90. The number of carbonyl (C=O) groups excluding carboxylic acids is 2. The Balaban J connectivity index is 1.07. The number of carboxylic acid groups (broad SMARTS) is 1. The number of hydrogen-bond acceptors (Lipinski definition) is 9. The molecule has 3 aromatic rings. The Morgan fingerprint density at radius 3 is 1.93 bits per heavy atom. The highest BCUT2D eigenvalue weighted by Gasteiger charge is 2.36. The highest BCUT2D eigenvalue weighted by molar-refractivity contribution is 6.09. The van der Waals surface area contributed by atoms with Crippen LogP contribution in [0.2, 0.25) is 0 Å². The van der Waals surface area contributed by atoms with Crippen LogP contribution in [-0.2, 0) is 14.3 Å². The number of aryl methyl sites for hydroxylation is 1. The van der Waals surface area contributed by atoms with Gasteiger partial charge in [-0.05, 0) is 125 Å². The van der Waals surface area contributed by atoms with Crippen molar-refractivity contribution in [3.8, 4) is 11.6 Å². The number of unbranched alkanes of at least 4 members (excludes halogenated alkanes) is 16. The molecule has 1 N–H and O–H groups in total. The van der Waals surface area contributed by atoms with E-state index in [0.717, 1.165) is 87.2 Å². The monoisotopic (exact) mass is 967 g/mol. The third-order valence-corrected chi connectivity index (χ3v) is 14.3. The number of hydrogen-bond donors (Lipinski definition) is 1. The largest absolute Gasteiger partial charge is 0.497 e. The number of esters is 1. The second-order valence-electron chi connectivity index (χ2n) is 22.4. The lowest BCUT2D eigenvalue weighted by molar-refractivity contribution is -0.155. The minimum atomic E-state index is -0.675. The SMILES string of the molecule is COc1ccc(C(=O)N(CC(C)(C)CCCCCCCCCCCCCCCCCCCC(=O)O)c2cccc(C)n2)c(N2CCC(COc3cc([C@@H](CC(=O)OC(C)(C)C)C4CC4)ccn3)CC2)c1. The van der Waals surface area contributed by atoms with Gasteiger partial charge in [0.15, 0.2) is 0 Å². The maximum atomic E-state index is 15.0. The van der Waals surface area contributed by atoms with Gasteiger partial charge in [0.05, 0.1) is 31.4 Å². The van der Waals surface area contributed by atoms with Crippen molar-refractivity contribution in [1.82, 2.24) is 9.97 Å². The fraction of sp³-hybridized carbons (Fsp3) is 0.678. The zero-order valence-electron chi connectivity index (χ0n) is 44.4. The van der Waals surface area contributed by atoms with Crippen molar-refractivity contribution < 1.29 is 33.7 Å². The summed E-state index contributed by atoms with van der Waals surface area (Å²) in [6.45, 7) is 15.0. The van der Waals surface area contributed by atoms with E-state index in [9.17, 15) is 14.4 Å². The molecule has 11 nitrogen and oxygen atoms in total. The number of nitrogens with zero attached hydrogens (tertiary/aromatic N) is 4. The van der Waals surface area contributed by atoms with Crippen LogP contribution in [0.1, 0.15) is 216 Å². The predicted molar refractivity (Wildman–Crippen MR) is 283 cm³/mol. The van der Waals surface area contributed by atoms with E-state index in [1.165, 1.54) is 89.9 Å². The van der Waals surface area contributed by atoms with Gasteiger partial charge in [0, 0.05) is 50.1 Å². The lowest BCUT2D eigenvalue weighted by Crippen LogP contribution is -2.41. The van der Waals surface area contributed by atoms with Gasteiger partial charge in [-0.15, -0.1) is 0 Å². The molecule has 1 amide bonds. The molecule has 0 spiro atoms. The minimum absolute atomic E-state index is 0.0434. The first-order chi connectivity index (χ1) is 33.6. The molecule has 70 heavy (non-hydrogen) atoms. The standard InChI is InChI=1S/C59H90N4O7/c1-45-26-25-27-53(61-45)63(44-59(5,6)36-24-22-20-18-16-14-12-10-8-9-11-13-15-17-19-21-23-28-55(64)65)57(67)50-32-31-49(68-7)41-52(50)62-38-34-46(35-39-62)43-69-54-40-48(33-37-60-54)51(47-29-30-47)42-56(66)70-58(2,3)4/h25-27,31-33,37,40-41,46-47,51H,8-24,28-30,34-36,38-39,42-44H2,1-7H3,(H,64,65)/t51-/m0/s1. The molecule has 2 fully saturated rings. The number of rotatable bonds is 33. The number of ether oxygens (including phenoxy) is 3. The topological polar surface area (TPSA) is 131 Å². The first kappa shape index (κ1) is 56.2. The van der Waals surface area contributed by atoms with Crippen LogP contribution in [0, 0.1) is 24.2 Å². The summed E-state index contributed by atoms with van der Waals surface area (Å²) in [4.78, 5) is 52.1. The lowest BCUT2D eigenvalue weighted by Gasteiger charge is -2.36. The van der Waals surface area contributed by atoms with E-state index in [0.29, 0.717) is 55.1 Å². The van der Waals surface area contributed by atoms with Crippen LogP contribution in [-0.4, -0.2) is 71.9 Å². The van der Waals surface area contributed by atoms with Crippen molar-refractivity contribution in [2.45, 2.75) is 207 Å². The quantitative estimate of drug-likeness (QED) is 0.0465. The normalized spacial score (nSPS) is 14.9. The molecule has 3 heterocycles. The number of pyridine rings is 2. The first-order valence-corrected chi connectivity index (χ1v) is 27.3. The number of amides is 1. The van der Waals surface area contributed by atoms with Crippen LogP contribution < -0.4 is 19.3 Å². The van der Waals surface area contributed by atoms with Gasteiger partial charge in [0.2, 0.25) is 5.88 Å². The smallest absolute Gasteiger partial charge is 0.306 e. The Kier molecular flexibility index (Phi) is 23.3. The number of aromatic nitrogens is 2. The summed E-state index contributed by atoms with van der Waals surface area (Å²) in [5.74, 6) is 2.04. The van der Waals surface area contributed by atoms with Gasteiger partial charge < -0.3 is 24.2 Å². The molecule has 0 bridgehead atoms. The van der Waals surface area contributed by atoms with Crippen LogP contribution in [0.3, 0.4) is 0 Å². The highest BCUT2D eigenvalue weighted by atomic mass is 16.6. The van der Waals surface area contributed by atoms with Crippen molar-refractivity contribution in [2.75, 3.05) is 43.2 Å². The fourth-order valence-electron chi connectivity index (χ4n) is 10.1. The van der Waals surface area contributed by atoms with E-state index in [1.807, 2.05) is 81.1 Å². The van der Waals surface area contributed by atoms with Crippen LogP contribution in [0.5, 0.6) is 11.6 Å². The summed E-state index contributed by atoms with van der Waals surface area (Å²) in [6, 6.07) is 15.8. The first-order valence-electron chi connectivity index (χ1n) is 27.3. The van der Waals surface area contributed by atoms with Crippen molar-refractivity contribution in [2.24, 2.45) is 17.3 Å². The van der Waals surface area contributed by atoms with Crippen molar-refractivity contribution in [3.05, 3.63) is 71.5 Å². The number of carbonyl (C=O) groups is 3. The van der Waals surface area contributed by atoms with Gasteiger partial charge in [-0.2, -0.15) is 0 Å². The zero-order chi connectivity index (χ0) is 50.4. The Hall–Kier alpha value is -4.67. The number of carboxylic acids is 1. The van der Waals surface area contributed by atoms with Crippen LogP contribution >= 0.6 is 0 Å². The highest BCUT2D eigenvalue weighted by Crippen LogP contribution is 2.45. The fourth-order valence-corrected chi connectivity index (χ4v) is 10.1. The molecule has 2 aliphatic rings. The summed E-state index contributed by atoms with van der Waals surface area (Å²) in [6.07, 6.45) is 28.7. The Morgan fingerprint density at radius 1 is 0.771 bits per heavy atom. The van der Waals surface area contributed by atoms with E-state index in [4.69, 9.17) is 24.3 Å². The Labute approximate surface area is 422 Å². The molecular weight excluding hydrogens is 877 g/mol. The predicted octanol–water partition coefficient (Wildman–Crippen LogP) is 14.5. The summed E-state index contributed by atoms with van der Waals surface area (Å²) < 4.78 is 17.7. The van der Waals surface area contributed by atoms with Crippen LogP contribution in [0.25, 0.3) is 0 Å². The van der Waals surface area contributed by atoms with Gasteiger partial charge in [-0.1, -0.05) is 123 Å². The maximum Gasteiger partial charge on any atom is 0.306 e. The van der Waals surface area contributed by atoms with Crippen molar-refractivity contribution in [3.63, 3.8) is 0 Å². The molecule has 2 aromatic heterocycles. The number of anilines is 2. The summed E-state index contributed by atoms with van der Waals surface area (Å²) in [7, 11) is 1.67. The summed E-state index contributed by atoms with van der Waals surface area (Å²) in [5, 5.41) is 8.75. The molecular formula is C59H90N4O7. The molecule has 0 unspecified atom stereocenters. The second kappa shape index (κ2) is 29.0. The lowest BCUT2D eigenvalue weighted by atomic mass is 9.85. The van der Waals surface area contributed by atoms with Gasteiger partial charge in [-0.3, -0.25) is 19.3 Å². The van der Waals surface area contributed by atoms with E-state index in [-0.39, 0.29) is 23.2 Å². The van der Waals surface area contributed by atoms with Crippen LogP contribution in [0.15, 0.2) is 54.7 Å². The minimum Gasteiger partial charge on any atom is -0.497 e. The number of aliphatic carboxylic acids is 1. The molecule has 1 atom stereocenters. The van der Waals surface area contributed by atoms with Crippen molar-refractivity contribution >= 4 is 29.4 Å². The number of benzene rings is 1. The molecule has 11 heteroatoms. The molecule has 1 aliphatic heterocycles. The van der Waals surface area contributed by atoms with Crippen molar-refractivity contribution in [1.29, 1.82) is 0 Å². The second-order valence-corrected chi connectivity index (χ2v) is 22.4. The van der Waals surface area contributed by atoms with Crippen LogP contribution in [0.4, 0.5) is 11.5 Å². The molecule has 388 valence electrons. The Bertz CT molecular complexity index is 2040. The Morgan fingerprint density at radius 2 is 1.37 bits per heavy atom. The average molecular weight is 967 g/mol. The van der Waals surface area contributed by atoms with Gasteiger partial charge in [-0.25, -0.2) is 9.97 Å². The number of piperidine rings is 1. The molecule has 0 radical (unpaired) electrons. The molecule has 1 aromatic carbocycles. The zero-order valence-corrected chi connectivity index (χ0v) is 44.4. The van der Waals surface area contributed by atoms with Gasteiger partial charge in [0.1, 0.15) is 17.2 Å². The van der Waals surface area contributed by atoms with E-state index in [1.54, 1.807) is 13.3 Å². The van der Waals surface area contributed by atoms with E-state index < -0.39 is 11.6 Å². The molecule has 1 saturated heterocycles. The van der Waals surface area contributed by atoms with E-state index in [2.05, 4.69) is 23.7 Å². The maximum absolute atomic E-state index is 15.0. The third kappa shape index (κ3) is 20.6. The third-order valence-electron chi connectivity index (χ3n) is 14.3. The van der Waals surface area contributed by atoms with Gasteiger partial charge >= 0.3 is 11.9 Å². The van der Waals surface area contributed by atoms with E-state index >= 15 is 0 Å². The molecule has 1 aliphatic carbocycles.